The van der Waals surface area contributed by atoms with Crippen LogP contribution in [0.25, 0.3) is 0 Å². The van der Waals surface area contributed by atoms with E-state index in [-0.39, 0.29) is 5.69 Å². The number of anilines is 3. The Morgan fingerprint density at radius 3 is 2.38 bits per heavy atom. The molecule has 2 N–H and O–H groups in total. The molecule has 0 saturated carbocycles. The minimum atomic E-state index is -0.448. The van der Waals surface area contributed by atoms with Crippen LogP contribution in [0.2, 0.25) is 0 Å². The molecule has 0 aliphatic heterocycles. The minimum Gasteiger partial charge on any atom is -0.339 e. The largest absolute Gasteiger partial charge is 0.339 e. The Bertz CT molecular complexity index is 892. The van der Waals surface area contributed by atoms with Gasteiger partial charge in [-0.05, 0) is 41.8 Å². The van der Waals surface area contributed by atoms with E-state index < -0.39 is 11.7 Å². The SMILES string of the molecule is CC(C)c1ccc(Nc2cnc(C(=O)Nc3cccc(F)c3)cn2)cc1. The number of hydrogen-bond donors (Lipinski definition) is 2. The summed E-state index contributed by atoms with van der Waals surface area (Å²) < 4.78 is 13.2. The molecule has 1 aromatic heterocycles. The van der Waals surface area contributed by atoms with E-state index in [1.807, 2.05) is 12.1 Å². The molecule has 0 saturated heterocycles. The second-order valence-corrected chi connectivity index (χ2v) is 6.15. The van der Waals surface area contributed by atoms with Crippen molar-refractivity contribution in [2.24, 2.45) is 0 Å². The summed E-state index contributed by atoms with van der Waals surface area (Å²) in [6.07, 6.45) is 2.86. The standard InChI is InChI=1S/C20H19FN4O/c1-13(2)14-6-8-16(9-7-14)24-19-12-22-18(11-23-19)20(26)25-17-5-3-4-15(21)10-17/h3-13H,1-2H3,(H,23,24)(H,25,26). The van der Waals surface area contributed by atoms with Crippen LogP contribution in [0.3, 0.4) is 0 Å². The van der Waals surface area contributed by atoms with Crippen LogP contribution in [0.4, 0.5) is 21.6 Å². The van der Waals surface area contributed by atoms with Gasteiger partial charge in [-0.15, -0.1) is 0 Å². The van der Waals surface area contributed by atoms with Crippen LogP contribution in [0.1, 0.15) is 35.8 Å². The fourth-order valence-corrected chi connectivity index (χ4v) is 2.37. The van der Waals surface area contributed by atoms with Gasteiger partial charge in [-0.25, -0.2) is 14.4 Å². The van der Waals surface area contributed by atoms with E-state index in [9.17, 15) is 9.18 Å². The van der Waals surface area contributed by atoms with Crippen molar-refractivity contribution in [2.45, 2.75) is 19.8 Å². The molecule has 2 aromatic carbocycles. The normalized spacial score (nSPS) is 10.6. The number of rotatable bonds is 5. The smallest absolute Gasteiger partial charge is 0.275 e. The number of benzene rings is 2. The molecule has 0 unspecified atom stereocenters. The van der Waals surface area contributed by atoms with E-state index >= 15 is 0 Å². The van der Waals surface area contributed by atoms with Crippen LogP contribution in [0.5, 0.6) is 0 Å². The van der Waals surface area contributed by atoms with Crippen LogP contribution in [0.15, 0.2) is 60.9 Å². The monoisotopic (exact) mass is 350 g/mol. The van der Waals surface area contributed by atoms with E-state index in [0.717, 1.165) is 5.69 Å². The van der Waals surface area contributed by atoms with E-state index in [4.69, 9.17) is 0 Å². The second-order valence-electron chi connectivity index (χ2n) is 6.15. The fraction of sp³-hybridized carbons (Fsp3) is 0.150. The molecule has 0 bridgehead atoms. The first kappa shape index (κ1) is 17.5. The number of carbonyl (C=O) groups is 1. The molecular weight excluding hydrogens is 331 g/mol. The highest BCUT2D eigenvalue weighted by Gasteiger charge is 2.09. The van der Waals surface area contributed by atoms with Crippen LogP contribution >= 0.6 is 0 Å². The summed E-state index contributed by atoms with van der Waals surface area (Å²) in [7, 11) is 0. The van der Waals surface area contributed by atoms with Crippen LogP contribution < -0.4 is 10.6 Å². The van der Waals surface area contributed by atoms with Gasteiger partial charge in [0.1, 0.15) is 17.3 Å². The zero-order chi connectivity index (χ0) is 18.5. The highest BCUT2D eigenvalue weighted by Crippen LogP contribution is 2.19. The molecule has 1 amide bonds. The van der Waals surface area contributed by atoms with Gasteiger partial charge in [0.2, 0.25) is 0 Å². The van der Waals surface area contributed by atoms with Gasteiger partial charge in [0.05, 0.1) is 12.4 Å². The maximum atomic E-state index is 13.2. The molecule has 3 rings (SSSR count). The van der Waals surface area contributed by atoms with Crippen LogP contribution in [-0.4, -0.2) is 15.9 Å². The van der Waals surface area contributed by atoms with Crippen molar-refractivity contribution >= 4 is 23.1 Å². The number of hydrogen-bond acceptors (Lipinski definition) is 4. The van der Waals surface area contributed by atoms with Crippen molar-refractivity contribution in [2.75, 3.05) is 10.6 Å². The third-order valence-corrected chi connectivity index (χ3v) is 3.82. The van der Waals surface area contributed by atoms with Crippen molar-refractivity contribution in [1.29, 1.82) is 0 Å². The van der Waals surface area contributed by atoms with Gasteiger partial charge >= 0.3 is 0 Å². The molecule has 3 aromatic rings. The number of halogens is 1. The van der Waals surface area contributed by atoms with Gasteiger partial charge in [-0.3, -0.25) is 4.79 Å². The molecule has 0 atom stereocenters. The predicted octanol–water partition coefficient (Wildman–Crippen LogP) is 4.74. The summed E-state index contributed by atoms with van der Waals surface area (Å²) in [6.45, 7) is 4.28. The maximum Gasteiger partial charge on any atom is 0.275 e. The number of nitrogens with zero attached hydrogens (tertiary/aromatic N) is 2. The minimum absolute atomic E-state index is 0.148. The lowest BCUT2D eigenvalue weighted by Crippen LogP contribution is -2.14. The lowest BCUT2D eigenvalue weighted by molar-refractivity contribution is 0.102. The fourth-order valence-electron chi connectivity index (χ4n) is 2.37. The van der Waals surface area contributed by atoms with Crippen molar-refractivity contribution < 1.29 is 9.18 Å². The average Bonchev–Trinajstić information content (AvgIpc) is 2.63. The van der Waals surface area contributed by atoms with E-state index in [1.165, 1.54) is 36.2 Å². The zero-order valence-corrected chi connectivity index (χ0v) is 14.5. The summed E-state index contributed by atoms with van der Waals surface area (Å²) in [5, 5.41) is 5.72. The van der Waals surface area contributed by atoms with Crippen LogP contribution in [0, 0.1) is 5.82 Å². The van der Waals surface area contributed by atoms with Gasteiger partial charge in [-0.1, -0.05) is 32.0 Å². The molecular formula is C20H19FN4O. The summed E-state index contributed by atoms with van der Waals surface area (Å²) in [5.74, 6) is 0.136. The molecule has 0 fully saturated rings. The quantitative estimate of drug-likeness (QED) is 0.698. The molecule has 5 nitrogen and oxygen atoms in total. The van der Waals surface area contributed by atoms with Crippen molar-refractivity contribution in [3.63, 3.8) is 0 Å². The highest BCUT2D eigenvalue weighted by molar-refractivity contribution is 6.02. The molecule has 26 heavy (non-hydrogen) atoms. The molecule has 0 aliphatic rings. The Hall–Kier alpha value is -3.28. The summed E-state index contributed by atoms with van der Waals surface area (Å²) in [4.78, 5) is 20.5. The topological polar surface area (TPSA) is 66.9 Å². The van der Waals surface area contributed by atoms with Gasteiger partial charge in [-0.2, -0.15) is 0 Å². The third kappa shape index (κ3) is 4.42. The summed E-state index contributed by atoms with van der Waals surface area (Å²) in [6, 6.07) is 13.7. The second kappa shape index (κ2) is 7.74. The first-order valence-corrected chi connectivity index (χ1v) is 8.27. The number of amides is 1. The molecule has 1 heterocycles. The maximum absolute atomic E-state index is 13.2. The van der Waals surface area contributed by atoms with E-state index in [2.05, 4.69) is 46.6 Å². The van der Waals surface area contributed by atoms with Crippen molar-refractivity contribution in [3.05, 3.63) is 78.0 Å². The van der Waals surface area contributed by atoms with Gasteiger partial charge in [0.25, 0.3) is 5.91 Å². The Labute approximate surface area is 151 Å². The molecule has 0 aliphatic carbocycles. The molecule has 6 heteroatoms. The molecule has 132 valence electrons. The lowest BCUT2D eigenvalue weighted by atomic mass is 10.0. The number of carbonyl (C=O) groups excluding carboxylic acids is 1. The lowest BCUT2D eigenvalue weighted by Gasteiger charge is -2.09. The highest BCUT2D eigenvalue weighted by atomic mass is 19.1. The summed E-state index contributed by atoms with van der Waals surface area (Å²) in [5.41, 5.74) is 2.66. The Balaban J connectivity index is 1.65. The van der Waals surface area contributed by atoms with E-state index in [1.54, 1.807) is 6.07 Å². The van der Waals surface area contributed by atoms with Crippen molar-refractivity contribution in [1.82, 2.24) is 9.97 Å². The molecule has 0 radical (unpaired) electrons. The number of nitrogens with one attached hydrogen (secondary N) is 2. The Morgan fingerprint density at radius 2 is 1.77 bits per heavy atom. The van der Waals surface area contributed by atoms with Gasteiger partial charge in [0, 0.05) is 11.4 Å². The average molecular weight is 350 g/mol. The third-order valence-electron chi connectivity index (χ3n) is 3.82. The van der Waals surface area contributed by atoms with Gasteiger partial charge < -0.3 is 10.6 Å². The number of aromatic nitrogens is 2. The van der Waals surface area contributed by atoms with Gasteiger partial charge in [0.15, 0.2) is 0 Å². The van der Waals surface area contributed by atoms with Crippen LogP contribution in [-0.2, 0) is 0 Å². The van der Waals surface area contributed by atoms with E-state index in [0.29, 0.717) is 17.4 Å². The van der Waals surface area contributed by atoms with Crippen molar-refractivity contribution in [3.8, 4) is 0 Å². The first-order chi connectivity index (χ1) is 12.5. The Morgan fingerprint density at radius 1 is 1.00 bits per heavy atom. The zero-order valence-electron chi connectivity index (χ0n) is 14.5. The Kier molecular flexibility index (Phi) is 5.22. The predicted molar refractivity (Wildman–Crippen MR) is 100 cm³/mol. The molecule has 0 spiro atoms. The first-order valence-electron chi connectivity index (χ1n) is 8.27. The summed E-state index contributed by atoms with van der Waals surface area (Å²) >= 11 is 0.